The molecule has 2 rings (SSSR count). The molecule has 14 heteroatoms. The van der Waals surface area contributed by atoms with E-state index in [1.54, 1.807) is 0 Å². The average molecular weight is 362 g/mol. The van der Waals surface area contributed by atoms with Gasteiger partial charge < -0.3 is 4.90 Å². The molecule has 1 unspecified atom stereocenters. The number of imidazole rings is 1. The van der Waals surface area contributed by atoms with Gasteiger partial charge in [-0.15, -0.1) is 0 Å². The first-order chi connectivity index (χ1) is 9.97. The van der Waals surface area contributed by atoms with Gasteiger partial charge in [0, 0.05) is 31.8 Å². The highest BCUT2D eigenvalue weighted by Crippen LogP contribution is 2.29. The number of nitrogens with zero attached hydrogens (tertiary/aromatic N) is 4. The second-order valence-corrected chi connectivity index (χ2v) is 7.32. The van der Waals surface area contributed by atoms with Crippen molar-refractivity contribution in [1.82, 2.24) is 18.2 Å². The maximum Gasteiger partial charge on any atom is 0.523 e. The molecule has 2 heterocycles. The molecule has 0 bridgehead atoms. The van der Waals surface area contributed by atoms with E-state index in [0.717, 1.165) is 43.1 Å². The topological polar surface area (TPSA) is 102 Å². The van der Waals surface area contributed by atoms with Crippen molar-refractivity contribution in [3.05, 3.63) is 31.1 Å². The summed E-state index contributed by atoms with van der Waals surface area (Å²) >= 11 is 0. The zero-order valence-corrected chi connectivity index (χ0v) is 12.4. The molecular formula is C8H9F3N4O5S2. The van der Waals surface area contributed by atoms with Crippen LogP contribution < -0.4 is 0 Å². The Morgan fingerprint density at radius 2 is 1.82 bits per heavy atom. The minimum Gasteiger partial charge on any atom is -0.335 e. The first-order valence-electron chi connectivity index (χ1n) is 5.38. The van der Waals surface area contributed by atoms with Crippen LogP contribution >= 0.6 is 0 Å². The van der Waals surface area contributed by atoms with Gasteiger partial charge in [-0.3, -0.25) is 0 Å². The summed E-state index contributed by atoms with van der Waals surface area (Å²) < 4.78 is 88.6. The van der Waals surface area contributed by atoms with Crippen LogP contribution in [-0.2, 0) is 24.5 Å². The molecule has 0 amide bonds. The van der Waals surface area contributed by atoms with Crippen LogP contribution in [0.3, 0.4) is 0 Å². The first-order valence-corrected chi connectivity index (χ1v) is 8.19. The molecule has 9 nitrogen and oxygen atoms in total. The summed E-state index contributed by atoms with van der Waals surface area (Å²) in [7, 11) is -9.23. The summed E-state index contributed by atoms with van der Waals surface area (Å²) in [5, 5.41) is 0. The van der Waals surface area contributed by atoms with Crippen LogP contribution in [0.5, 0.6) is 0 Å². The van der Waals surface area contributed by atoms with Crippen LogP contribution in [0.1, 0.15) is 0 Å². The van der Waals surface area contributed by atoms with Crippen molar-refractivity contribution in [2.45, 2.75) is 11.9 Å². The third-order valence-electron chi connectivity index (χ3n) is 2.52. The molecule has 1 atom stereocenters. The Labute approximate surface area is 123 Å². The first kappa shape index (κ1) is 16.6. The summed E-state index contributed by atoms with van der Waals surface area (Å²) in [6.07, 6.45) is 2.91. The maximum absolute atomic E-state index is 12.4. The van der Waals surface area contributed by atoms with Crippen LogP contribution in [0.2, 0.25) is 0 Å². The van der Waals surface area contributed by atoms with Gasteiger partial charge in [0.2, 0.25) is 6.35 Å². The molecule has 1 aromatic heterocycles. The van der Waals surface area contributed by atoms with Crippen LogP contribution in [0.25, 0.3) is 0 Å². The number of halogens is 3. The van der Waals surface area contributed by atoms with Gasteiger partial charge in [-0.2, -0.15) is 30.0 Å². The van der Waals surface area contributed by atoms with Crippen molar-refractivity contribution in [2.75, 3.05) is 7.05 Å². The van der Waals surface area contributed by atoms with E-state index in [9.17, 15) is 30.0 Å². The highest BCUT2D eigenvalue weighted by molar-refractivity contribution is 7.88. The Bertz CT molecular complexity index is 771. The summed E-state index contributed by atoms with van der Waals surface area (Å²) in [4.78, 5) is 4.34. The minimum atomic E-state index is -5.99. The fourth-order valence-electron chi connectivity index (χ4n) is 1.46. The molecule has 0 radical (unpaired) electrons. The van der Waals surface area contributed by atoms with Crippen molar-refractivity contribution < 1.29 is 34.2 Å². The largest absolute Gasteiger partial charge is 0.523 e. The lowest BCUT2D eigenvalue weighted by Gasteiger charge is -2.28. The highest BCUT2D eigenvalue weighted by atomic mass is 32.2. The van der Waals surface area contributed by atoms with Crippen molar-refractivity contribution >= 4 is 20.3 Å². The predicted octanol–water partition coefficient (Wildman–Crippen LogP) is -0.156. The maximum atomic E-state index is 12.4. The minimum absolute atomic E-state index is 0.317. The molecule has 0 spiro atoms. The Morgan fingerprint density at radius 3 is 2.32 bits per heavy atom. The molecule has 0 fully saturated rings. The van der Waals surface area contributed by atoms with Crippen LogP contribution in [0, 0.1) is 0 Å². The van der Waals surface area contributed by atoms with E-state index in [1.807, 2.05) is 0 Å². The Hall–Kier alpha value is -1.80. The fraction of sp³-hybridized carbons (Fsp3) is 0.375. The summed E-state index contributed by atoms with van der Waals surface area (Å²) in [5.74, 6) is 0. The van der Waals surface area contributed by atoms with Crippen LogP contribution in [-0.4, -0.2) is 53.9 Å². The molecule has 124 valence electrons. The van der Waals surface area contributed by atoms with E-state index in [4.69, 9.17) is 0 Å². The lowest BCUT2D eigenvalue weighted by molar-refractivity contribution is -0.0692. The number of hydrogen-bond acceptors (Lipinski definition) is 7. The molecule has 1 aromatic rings. The molecule has 1 aliphatic heterocycles. The van der Waals surface area contributed by atoms with Gasteiger partial charge in [-0.25, -0.2) is 17.4 Å². The third kappa shape index (κ3) is 2.76. The highest BCUT2D eigenvalue weighted by Gasteiger charge is 2.51. The quantitative estimate of drug-likeness (QED) is 0.542. The SMILES string of the molecule is CN1C=CN(S(=O)(=O)n2ccnc2)C1OS(=O)(=O)C(F)(F)F. The van der Waals surface area contributed by atoms with E-state index in [0.29, 0.717) is 8.28 Å². The van der Waals surface area contributed by atoms with Crippen LogP contribution in [0.15, 0.2) is 31.1 Å². The molecule has 0 saturated carbocycles. The van der Waals surface area contributed by atoms with Gasteiger partial charge in [-0.1, -0.05) is 0 Å². The van der Waals surface area contributed by atoms with E-state index >= 15 is 0 Å². The second-order valence-electron chi connectivity index (χ2n) is 4.02. The molecule has 0 aliphatic carbocycles. The van der Waals surface area contributed by atoms with Gasteiger partial charge in [0.1, 0.15) is 6.33 Å². The second kappa shape index (κ2) is 5.13. The van der Waals surface area contributed by atoms with Gasteiger partial charge >= 0.3 is 25.8 Å². The van der Waals surface area contributed by atoms with E-state index in [2.05, 4.69) is 9.17 Å². The standard InChI is InChI=1S/C8H9F3N4O5S2/c1-13-4-5-15(22(18,19)14-3-2-12-6-14)7(13)20-21(16,17)8(9,10)11/h2-7H,1H3. The Morgan fingerprint density at radius 1 is 1.18 bits per heavy atom. The smallest absolute Gasteiger partial charge is 0.335 e. The molecule has 22 heavy (non-hydrogen) atoms. The normalized spacial score (nSPS) is 19.9. The van der Waals surface area contributed by atoms with Crippen molar-refractivity contribution in [3.63, 3.8) is 0 Å². The lowest BCUT2D eigenvalue weighted by Crippen LogP contribution is -2.46. The van der Waals surface area contributed by atoms with Crippen molar-refractivity contribution in [3.8, 4) is 0 Å². The Kier molecular flexibility index (Phi) is 3.87. The van der Waals surface area contributed by atoms with E-state index in [-0.39, 0.29) is 0 Å². The fourth-order valence-corrected chi connectivity index (χ4v) is 3.31. The molecule has 1 aliphatic rings. The van der Waals surface area contributed by atoms with Crippen LogP contribution in [0.4, 0.5) is 13.2 Å². The van der Waals surface area contributed by atoms with Crippen molar-refractivity contribution in [1.29, 1.82) is 0 Å². The number of rotatable bonds is 4. The summed E-state index contributed by atoms with van der Waals surface area (Å²) in [5.41, 5.74) is -5.68. The number of aromatic nitrogens is 2. The van der Waals surface area contributed by atoms with Gasteiger partial charge in [0.05, 0.1) is 0 Å². The third-order valence-corrected chi connectivity index (χ3v) is 5.10. The molecule has 0 saturated heterocycles. The van der Waals surface area contributed by atoms with Gasteiger partial charge in [0.15, 0.2) is 0 Å². The van der Waals surface area contributed by atoms with Crippen molar-refractivity contribution in [2.24, 2.45) is 0 Å². The zero-order chi connectivity index (χ0) is 16.8. The number of alkyl halides is 3. The molecule has 0 N–H and O–H groups in total. The summed E-state index contributed by atoms with van der Waals surface area (Å²) in [6.45, 7) is 0. The molecular weight excluding hydrogens is 353 g/mol. The average Bonchev–Trinajstić information content (AvgIpc) is 2.99. The zero-order valence-electron chi connectivity index (χ0n) is 10.7. The van der Waals surface area contributed by atoms with E-state index in [1.165, 1.54) is 0 Å². The van der Waals surface area contributed by atoms with E-state index < -0.39 is 32.2 Å². The predicted molar refractivity (Wildman–Crippen MR) is 65.1 cm³/mol. The summed E-state index contributed by atoms with van der Waals surface area (Å²) in [6, 6.07) is 0. The Balaban J connectivity index is 2.36. The lowest BCUT2D eigenvalue weighted by atomic mass is 10.8. The van der Waals surface area contributed by atoms with Gasteiger partial charge in [0.25, 0.3) is 0 Å². The number of hydrogen-bond donors (Lipinski definition) is 0. The molecule has 0 aromatic carbocycles. The monoisotopic (exact) mass is 362 g/mol. The van der Waals surface area contributed by atoms with Gasteiger partial charge in [-0.05, 0) is 0 Å².